The van der Waals surface area contributed by atoms with Gasteiger partial charge in [-0.15, -0.1) is 0 Å². The molecule has 0 aliphatic carbocycles. The van der Waals surface area contributed by atoms with Crippen molar-refractivity contribution in [2.45, 2.75) is 6.92 Å². The van der Waals surface area contributed by atoms with Gasteiger partial charge in [0.25, 0.3) is 0 Å². The van der Waals surface area contributed by atoms with Crippen LogP contribution in [0.3, 0.4) is 0 Å². The summed E-state index contributed by atoms with van der Waals surface area (Å²) >= 11 is 11.8. The third kappa shape index (κ3) is 2.94. The quantitative estimate of drug-likeness (QED) is 0.753. The summed E-state index contributed by atoms with van der Waals surface area (Å²) in [7, 11) is 0. The Morgan fingerprint density at radius 2 is 2.15 bits per heavy atom. The van der Waals surface area contributed by atoms with E-state index in [0.29, 0.717) is 10.0 Å². The van der Waals surface area contributed by atoms with Gasteiger partial charge in [-0.2, -0.15) is 0 Å². The largest absolute Gasteiger partial charge is 0.380 e. The predicted octanol–water partition coefficient (Wildman–Crippen LogP) is 3.98. The maximum Gasteiger partial charge on any atom is 0.0823 e. The summed E-state index contributed by atoms with van der Waals surface area (Å²) < 4.78 is 0. The monoisotopic (exact) mass is 215 g/mol. The number of hydrogen-bond acceptors (Lipinski definition) is 1. The van der Waals surface area contributed by atoms with Crippen LogP contribution in [-0.4, -0.2) is 6.54 Å². The van der Waals surface area contributed by atoms with Crippen LogP contribution in [0.5, 0.6) is 0 Å². The van der Waals surface area contributed by atoms with Gasteiger partial charge in [0.1, 0.15) is 0 Å². The van der Waals surface area contributed by atoms with E-state index in [1.807, 2.05) is 31.2 Å². The first-order valence-electron chi connectivity index (χ1n) is 4.04. The Bertz CT molecular complexity index is 308. The molecule has 3 heteroatoms. The SMILES string of the molecule is C/C=C/CNc1cccc(Cl)c1Cl. The summed E-state index contributed by atoms with van der Waals surface area (Å²) in [5, 5.41) is 4.31. The van der Waals surface area contributed by atoms with Gasteiger partial charge in [-0.25, -0.2) is 0 Å². The Labute approximate surface area is 88.4 Å². The van der Waals surface area contributed by atoms with Crippen LogP contribution in [0.1, 0.15) is 6.92 Å². The lowest BCUT2D eigenvalue weighted by Crippen LogP contribution is -1.98. The third-order valence-corrected chi connectivity index (χ3v) is 2.42. The second kappa shape index (κ2) is 5.15. The van der Waals surface area contributed by atoms with Gasteiger partial charge in [0, 0.05) is 6.54 Å². The van der Waals surface area contributed by atoms with Crippen molar-refractivity contribution in [1.82, 2.24) is 0 Å². The molecule has 0 spiro atoms. The van der Waals surface area contributed by atoms with E-state index >= 15 is 0 Å². The van der Waals surface area contributed by atoms with Crippen molar-refractivity contribution in [3.05, 3.63) is 40.4 Å². The fraction of sp³-hybridized carbons (Fsp3) is 0.200. The molecule has 1 aromatic rings. The molecule has 1 aromatic carbocycles. The summed E-state index contributed by atoms with van der Waals surface area (Å²) in [4.78, 5) is 0. The molecule has 0 atom stereocenters. The van der Waals surface area contributed by atoms with E-state index < -0.39 is 0 Å². The van der Waals surface area contributed by atoms with Crippen LogP contribution in [0.15, 0.2) is 30.4 Å². The molecule has 1 N–H and O–H groups in total. The normalized spacial score (nSPS) is 10.7. The molecule has 0 saturated carbocycles. The molecule has 0 fully saturated rings. The van der Waals surface area contributed by atoms with Crippen molar-refractivity contribution in [2.75, 3.05) is 11.9 Å². The zero-order valence-corrected chi connectivity index (χ0v) is 8.86. The summed E-state index contributed by atoms with van der Waals surface area (Å²) in [6.45, 7) is 2.73. The van der Waals surface area contributed by atoms with Gasteiger partial charge in [-0.1, -0.05) is 41.4 Å². The van der Waals surface area contributed by atoms with Crippen molar-refractivity contribution >= 4 is 28.9 Å². The highest BCUT2D eigenvalue weighted by atomic mass is 35.5. The van der Waals surface area contributed by atoms with Crippen LogP contribution in [-0.2, 0) is 0 Å². The van der Waals surface area contributed by atoms with Crippen molar-refractivity contribution in [2.24, 2.45) is 0 Å². The molecule has 1 rings (SSSR count). The number of anilines is 1. The lowest BCUT2D eigenvalue weighted by atomic mass is 10.3. The van der Waals surface area contributed by atoms with E-state index in [4.69, 9.17) is 23.2 Å². The minimum atomic E-state index is 0.576. The lowest BCUT2D eigenvalue weighted by Gasteiger charge is -2.06. The fourth-order valence-electron chi connectivity index (χ4n) is 0.927. The maximum absolute atomic E-state index is 5.95. The first kappa shape index (κ1) is 10.4. The second-order valence-electron chi connectivity index (χ2n) is 2.55. The van der Waals surface area contributed by atoms with E-state index in [-0.39, 0.29) is 0 Å². The summed E-state index contributed by atoms with van der Waals surface area (Å²) in [6, 6.07) is 5.54. The summed E-state index contributed by atoms with van der Waals surface area (Å²) in [6.07, 6.45) is 3.99. The Balaban J connectivity index is 2.71. The molecule has 0 aliphatic heterocycles. The summed E-state index contributed by atoms with van der Waals surface area (Å²) in [5.74, 6) is 0. The van der Waals surface area contributed by atoms with E-state index in [0.717, 1.165) is 12.2 Å². The van der Waals surface area contributed by atoms with Gasteiger partial charge in [-0.3, -0.25) is 0 Å². The molecule has 0 aromatic heterocycles. The lowest BCUT2D eigenvalue weighted by molar-refractivity contribution is 1.33. The predicted molar refractivity (Wildman–Crippen MR) is 59.8 cm³/mol. The van der Waals surface area contributed by atoms with E-state index in [9.17, 15) is 0 Å². The van der Waals surface area contributed by atoms with Crippen LogP contribution in [0.4, 0.5) is 5.69 Å². The molecule has 13 heavy (non-hydrogen) atoms. The maximum atomic E-state index is 5.95. The Morgan fingerprint density at radius 1 is 1.38 bits per heavy atom. The van der Waals surface area contributed by atoms with Gasteiger partial charge in [-0.05, 0) is 19.1 Å². The number of halogens is 2. The van der Waals surface area contributed by atoms with Gasteiger partial charge in [0.2, 0.25) is 0 Å². The molecular formula is C10H11Cl2N. The minimum absolute atomic E-state index is 0.576. The van der Waals surface area contributed by atoms with Gasteiger partial charge in [0.15, 0.2) is 0 Å². The molecule has 0 amide bonds. The van der Waals surface area contributed by atoms with E-state index in [1.54, 1.807) is 6.07 Å². The molecule has 0 unspecified atom stereocenters. The number of rotatable bonds is 3. The summed E-state index contributed by atoms with van der Waals surface area (Å²) in [5.41, 5.74) is 0.868. The average Bonchev–Trinajstić information content (AvgIpc) is 2.13. The minimum Gasteiger partial charge on any atom is -0.380 e. The Kier molecular flexibility index (Phi) is 4.13. The van der Waals surface area contributed by atoms with Crippen molar-refractivity contribution in [1.29, 1.82) is 0 Å². The molecule has 70 valence electrons. The average molecular weight is 216 g/mol. The number of benzene rings is 1. The van der Waals surface area contributed by atoms with Crippen molar-refractivity contribution in [3.63, 3.8) is 0 Å². The van der Waals surface area contributed by atoms with Crippen LogP contribution >= 0.6 is 23.2 Å². The van der Waals surface area contributed by atoms with E-state index in [1.165, 1.54) is 0 Å². The van der Waals surface area contributed by atoms with Crippen LogP contribution in [0, 0.1) is 0 Å². The Morgan fingerprint density at radius 3 is 2.85 bits per heavy atom. The van der Waals surface area contributed by atoms with Gasteiger partial charge in [0.05, 0.1) is 15.7 Å². The van der Waals surface area contributed by atoms with Crippen LogP contribution < -0.4 is 5.32 Å². The zero-order valence-electron chi connectivity index (χ0n) is 7.35. The molecule has 0 heterocycles. The number of hydrogen-bond donors (Lipinski definition) is 1. The third-order valence-electron chi connectivity index (χ3n) is 1.60. The highest BCUT2D eigenvalue weighted by molar-refractivity contribution is 6.43. The zero-order chi connectivity index (χ0) is 9.68. The van der Waals surface area contributed by atoms with E-state index in [2.05, 4.69) is 5.32 Å². The molecule has 0 aliphatic rings. The smallest absolute Gasteiger partial charge is 0.0823 e. The molecule has 0 bridgehead atoms. The van der Waals surface area contributed by atoms with Crippen molar-refractivity contribution < 1.29 is 0 Å². The van der Waals surface area contributed by atoms with Gasteiger partial charge >= 0.3 is 0 Å². The van der Waals surface area contributed by atoms with Gasteiger partial charge < -0.3 is 5.32 Å². The number of allylic oxidation sites excluding steroid dienone is 1. The first-order chi connectivity index (χ1) is 6.25. The highest BCUT2D eigenvalue weighted by Crippen LogP contribution is 2.29. The molecule has 0 saturated heterocycles. The second-order valence-corrected chi connectivity index (χ2v) is 3.34. The first-order valence-corrected chi connectivity index (χ1v) is 4.80. The molecule has 0 radical (unpaired) electrons. The van der Waals surface area contributed by atoms with Crippen LogP contribution in [0.25, 0.3) is 0 Å². The highest BCUT2D eigenvalue weighted by Gasteiger charge is 2.01. The van der Waals surface area contributed by atoms with Crippen molar-refractivity contribution in [3.8, 4) is 0 Å². The number of nitrogens with one attached hydrogen (secondary N) is 1. The Hall–Kier alpha value is -0.660. The molecule has 1 nitrogen and oxygen atoms in total. The molecular weight excluding hydrogens is 205 g/mol. The fourth-order valence-corrected chi connectivity index (χ4v) is 1.29. The standard InChI is InChI=1S/C10H11Cl2N/c1-2-3-7-13-9-6-4-5-8(11)10(9)12/h2-6,13H,7H2,1H3/b3-2+. The van der Waals surface area contributed by atoms with Crippen LogP contribution in [0.2, 0.25) is 10.0 Å². The topological polar surface area (TPSA) is 12.0 Å².